The van der Waals surface area contributed by atoms with Crippen LogP contribution in [-0.2, 0) is 0 Å². The summed E-state index contributed by atoms with van der Waals surface area (Å²) >= 11 is 2.13. The molecule has 0 bridgehead atoms. The standard InChI is InChI=1S/C19H20N6O3S2/c1-10-12(8-20-19(21-10)25-6-4-3-5-7-25)13-9-29-17(14(13)18(27)28)22-16(26)15-11(2)23-24-30-15/h8-9H,3-7H2,1-2H3,(H,22,26)(H,27,28). The first-order valence-electron chi connectivity index (χ1n) is 9.49. The third-order valence-corrected chi connectivity index (χ3v) is 6.71. The third-order valence-electron chi connectivity index (χ3n) is 4.99. The van der Waals surface area contributed by atoms with Crippen molar-refractivity contribution >= 4 is 45.7 Å². The van der Waals surface area contributed by atoms with Gasteiger partial charge in [-0.2, -0.15) is 0 Å². The fourth-order valence-electron chi connectivity index (χ4n) is 3.43. The fourth-order valence-corrected chi connectivity index (χ4v) is 4.92. The average Bonchev–Trinajstić information content (AvgIpc) is 3.34. The molecule has 0 aromatic carbocycles. The van der Waals surface area contributed by atoms with E-state index >= 15 is 0 Å². The number of carbonyl (C=O) groups excluding carboxylic acids is 1. The summed E-state index contributed by atoms with van der Waals surface area (Å²) in [6.45, 7) is 5.39. The van der Waals surface area contributed by atoms with Crippen molar-refractivity contribution in [1.29, 1.82) is 0 Å². The molecule has 0 spiro atoms. The Hall–Kier alpha value is -2.92. The molecule has 1 aliphatic rings. The maximum absolute atomic E-state index is 12.5. The van der Waals surface area contributed by atoms with Gasteiger partial charge in [0.25, 0.3) is 5.91 Å². The van der Waals surface area contributed by atoms with E-state index in [2.05, 4.69) is 29.8 Å². The summed E-state index contributed by atoms with van der Waals surface area (Å²) in [6.07, 6.45) is 5.13. The second kappa shape index (κ2) is 8.44. The lowest BCUT2D eigenvalue weighted by Gasteiger charge is -2.26. The number of nitrogens with one attached hydrogen (secondary N) is 1. The van der Waals surface area contributed by atoms with Gasteiger partial charge in [0.05, 0.1) is 11.4 Å². The van der Waals surface area contributed by atoms with Crippen LogP contribution in [0.25, 0.3) is 11.1 Å². The summed E-state index contributed by atoms with van der Waals surface area (Å²) < 4.78 is 3.75. The zero-order valence-electron chi connectivity index (χ0n) is 16.5. The van der Waals surface area contributed by atoms with Crippen LogP contribution in [0.5, 0.6) is 0 Å². The van der Waals surface area contributed by atoms with Gasteiger partial charge < -0.3 is 15.3 Å². The predicted molar refractivity (Wildman–Crippen MR) is 116 cm³/mol. The molecule has 3 aromatic heterocycles. The molecule has 3 aromatic rings. The van der Waals surface area contributed by atoms with Crippen molar-refractivity contribution in [1.82, 2.24) is 19.6 Å². The van der Waals surface area contributed by atoms with Crippen molar-refractivity contribution in [3.63, 3.8) is 0 Å². The van der Waals surface area contributed by atoms with Crippen molar-refractivity contribution in [2.24, 2.45) is 0 Å². The van der Waals surface area contributed by atoms with Crippen molar-refractivity contribution in [2.45, 2.75) is 33.1 Å². The van der Waals surface area contributed by atoms with E-state index in [1.54, 1.807) is 18.5 Å². The van der Waals surface area contributed by atoms with Crippen LogP contribution in [0.1, 0.15) is 50.7 Å². The van der Waals surface area contributed by atoms with E-state index in [0.717, 1.165) is 48.8 Å². The Morgan fingerprint density at radius 3 is 2.53 bits per heavy atom. The molecule has 9 nitrogen and oxygen atoms in total. The Morgan fingerprint density at radius 1 is 1.13 bits per heavy atom. The summed E-state index contributed by atoms with van der Waals surface area (Å²) in [6, 6.07) is 0. The lowest BCUT2D eigenvalue weighted by Crippen LogP contribution is -2.31. The van der Waals surface area contributed by atoms with Gasteiger partial charge in [0.2, 0.25) is 5.95 Å². The first-order valence-corrected chi connectivity index (χ1v) is 11.1. The number of amides is 1. The largest absolute Gasteiger partial charge is 0.478 e. The minimum atomic E-state index is -1.12. The number of thiophene rings is 1. The van der Waals surface area contributed by atoms with E-state index in [9.17, 15) is 14.7 Å². The zero-order valence-corrected chi connectivity index (χ0v) is 18.1. The topological polar surface area (TPSA) is 121 Å². The molecule has 0 radical (unpaired) electrons. The molecule has 2 N–H and O–H groups in total. The number of hydrogen-bond acceptors (Lipinski definition) is 9. The van der Waals surface area contributed by atoms with E-state index in [1.807, 2.05) is 6.92 Å². The number of nitrogens with zero attached hydrogens (tertiary/aromatic N) is 5. The van der Waals surface area contributed by atoms with Crippen molar-refractivity contribution in [2.75, 3.05) is 23.3 Å². The first kappa shape index (κ1) is 20.4. The number of anilines is 2. The van der Waals surface area contributed by atoms with Crippen LogP contribution in [0.3, 0.4) is 0 Å². The zero-order chi connectivity index (χ0) is 21.3. The highest BCUT2D eigenvalue weighted by atomic mass is 32.1. The van der Waals surface area contributed by atoms with Gasteiger partial charge in [-0.3, -0.25) is 4.79 Å². The predicted octanol–water partition coefficient (Wildman–Crippen LogP) is 3.61. The van der Waals surface area contributed by atoms with E-state index in [-0.39, 0.29) is 10.6 Å². The fraction of sp³-hybridized carbons (Fsp3) is 0.368. The van der Waals surface area contributed by atoms with Gasteiger partial charge in [-0.1, -0.05) is 4.49 Å². The van der Waals surface area contributed by atoms with Gasteiger partial charge in [0, 0.05) is 35.8 Å². The number of rotatable bonds is 5. The Kier molecular flexibility index (Phi) is 5.73. The molecule has 11 heteroatoms. The molecule has 4 heterocycles. The number of aromatic nitrogens is 4. The SMILES string of the molecule is Cc1nc(N2CCCCC2)ncc1-c1csc(NC(=O)c2snnc2C)c1C(=O)O. The number of aryl methyl sites for hydroxylation is 2. The van der Waals surface area contributed by atoms with Gasteiger partial charge in [-0.15, -0.1) is 16.4 Å². The van der Waals surface area contributed by atoms with Crippen LogP contribution in [0.2, 0.25) is 0 Å². The summed E-state index contributed by atoms with van der Waals surface area (Å²) in [5.41, 5.74) is 2.36. The third kappa shape index (κ3) is 3.90. The maximum Gasteiger partial charge on any atom is 0.339 e. The molecule has 156 valence electrons. The molecular weight excluding hydrogens is 424 g/mol. The molecule has 1 amide bonds. The molecule has 4 rings (SSSR count). The minimum absolute atomic E-state index is 0.0286. The Labute approximate surface area is 181 Å². The normalized spacial score (nSPS) is 14.0. The first-order chi connectivity index (χ1) is 14.5. The summed E-state index contributed by atoms with van der Waals surface area (Å²) in [7, 11) is 0. The van der Waals surface area contributed by atoms with E-state index < -0.39 is 11.9 Å². The highest BCUT2D eigenvalue weighted by Crippen LogP contribution is 2.37. The molecule has 1 saturated heterocycles. The molecule has 0 aliphatic carbocycles. The Balaban J connectivity index is 1.65. The molecule has 0 saturated carbocycles. The number of carboxylic acid groups (broad SMARTS) is 1. The monoisotopic (exact) mass is 444 g/mol. The van der Waals surface area contributed by atoms with Gasteiger partial charge in [-0.05, 0) is 44.6 Å². The second-order valence-electron chi connectivity index (χ2n) is 7.02. The quantitative estimate of drug-likeness (QED) is 0.612. The maximum atomic E-state index is 12.5. The van der Waals surface area contributed by atoms with Crippen molar-refractivity contribution < 1.29 is 14.7 Å². The highest BCUT2D eigenvalue weighted by molar-refractivity contribution is 7.15. The molecule has 0 atom stereocenters. The summed E-state index contributed by atoms with van der Waals surface area (Å²) in [5.74, 6) is -0.878. The van der Waals surface area contributed by atoms with Crippen LogP contribution in [0.4, 0.5) is 10.9 Å². The van der Waals surface area contributed by atoms with E-state index in [1.165, 1.54) is 6.42 Å². The number of hydrogen-bond donors (Lipinski definition) is 2. The van der Waals surface area contributed by atoms with E-state index in [0.29, 0.717) is 33.3 Å². The molecule has 0 unspecified atom stereocenters. The smallest absolute Gasteiger partial charge is 0.339 e. The van der Waals surface area contributed by atoms with Gasteiger partial charge in [0.15, 0.2) is 0 Å². The van der Waals surface area contributed by atoms with Gasteiger partial charge in [0.1, 0.15) is 15.4 Å². The minimum Gasteiger partial charge on any atom is -0.478 e. The van der Waals surface area contributed by atoms with Gasteiger partial charge in [-0.25, -0.2) is 14.8 Å². The molecule has 1 aliphatic heterocycles. The average molecular weight is 445 g/mol. The van der Waals surface area contributed by atoms with Crippen molar-refractivity contribution in [3.8, 4) is 11.1 Å². The van der Waals surface area contributed by atoms with Crippen LogP contribution in [0, 0.1) is 13.8 Å². The summed E-state index contributed by atoms with van der Waals surface area (Å²) in [5, 5.41) is 18.3. The lowest BCUT2D eigenvalue weighted by molar-refractivity contribution is 0.0699. The van der Waals surface area contributed by atoms with E-state index in [4.69, 9.17) is 0 Å². The summed E-state index contributed by atoms with van der Waals surface area (Å²) in [4.78, 5) is 36.1. The molecular formula is C19H20N6O3S2. The number of piperidine rings is 1. The molecule has 1 fully saturated rings. The molecule has 30 heavy (non-hydrogen) atoms. The number of carbonyl (C=O) groups is 2. The Morgan fingerprint density at radius 2 is 1.90 bits per heavy atom. The number of carboxylic acids is 1. The van der Waals surface area contributed by atoms with Crippen LogP contribution >= 0.6 is 22.9 Å². The van der Waals surface area contributed by atoms with Crippen LogP contribution < -0.4 is 10.2 Å². The number of aromatic carboxylic acids is 1. The Bertz CT molecular complexity index is 1100. The van der Waals surface area contributed by atoms with Crippen LogP contribution in [-0.4, -0.2) is 49.6 Å². The van der Waals surface area contributed by atoms with Crippen LogP contribution in [0.15, 0.2) is 11.6 Å². The lowest BCUT2D eigenvalue weighted by atomic mass is 10.0. The second-order valence-corrected chi connectivity index (χ2v) is 8.65. The highest BCUT2D eigenvalue weighted by Gasteiger charge is 2.25. The van der Waals surface area contributed by atoms with Gasteiger partial charge >= 0.3 is 5.97 Å². The van der Waals surface area contributed by atoms with Crippen molar-refractivity contribution in [3.05, 3.63) is 33.4 Å².